The first-order chi connectivity index (χ1) is 7.83. The number of aliphatic imine (C=N–C) groups is 1. The molecule has 0 atom stereocenters. The lowest BCUT2D eigenvalue weighted by Crippen LogP contribution is -2.33. The summed E-state index contributed by atoms with van der Waals surface area (Å²) in [5.41, 5.74) is 6.91. The van der Waals surface area contributed by atoms with E-state index in [9.17, 15) is 0 Å². The molecule has 0 aliphatic rings. The SMILES string of the molecule is I.NC(=NCCCO)NCCc1ccccc1. The standard InChI is InChI=1S/C12H19N3O.HI/c13-12(14-8-4-10-16)15-9-7-11-5-2-1-3-6-11;/h1-3,5-6,16H,4,7-10H2,(H3,13,14,15);1H. The zero-order valence-corrected chi connectivity index (χ0v) is 12.1. The molecule has 0 spiro atoms. The number of hydrogen-bond acceptors (Lipinski definition) is 2. The molecule has 1 rings (SSSR count). The number of nitrogens with zero attached hydrogens (tertiary/aromatic N) is 1. The summed E-state index contributed by atoms with van der Waals surface area (Å²) in [4.78, 5) is 4.07. The van der Waals surface area contributed by atoms with Crippen molar-refractivity contribution in [3.8, 4) is 0 Å². The van der Waals surface area contributed by atoms with Gasteiger partial charge < -0.3 is 16.2 Å². The minimum atomic E-state index is 0. The fourth-order valence-electron chi connectivity index (χ4n) is 1.31. The van der Waals surface area contributed by atoms with Gasteiger partial charge >= 0.3 is 0 Å². The summed E-state index contributed by atoms with van der Waals surface area (Å²) >= 11 is 0. The lowest BCUT2D eigenvalue weighted by atomic mass is 10.1. The second kappa shape index (κ2) is 10.3. The molecule has 0 saturated heterocycles. The van der Waals surface area contributed by atoms with Gasteiger partial charge in [0, 0.05) is 19.7 Å². The molecule has 0 bridgehead atoms. The normalized spacial score (nSPS) is 10.8. The summed E-state index contributed by atoms with van der Waals surface area (Å²) in [5, 5.41) is 11.6. The van der Waals surface area contributed by atoms with Gasteiger partial charge in [-0.3, -0.25) is 4.99 Å². The molecule has 1 aromatic carbocycles. The Bertz CT molecular complexity index is 317. The highest BCUT2D eigenvalue weighted by atomic mass is 127. The molecule has 17 heavy (non-hydrogen) atoms. The van der Waals surface area contributed by atoms with Gasteiger partial charge in [0.2, 0.25) is 0 Å². The van der Waals surface area contributed by atoms with Gasteiger partial charge in [-0.15, -0.1) is 24.0 Å². The Morgan fingerprint density at radius 1 is 1.29 bits per heavy atom. The van der Waals surface area contributed by atoms with Crippen molar-refractivity contribution in [1.29, 1.82) is 0 Å². The molecule has 5 heteroatoms. The van der Waals surface area contributed by atoms with Gasteiger partial charge in [0.05, 0.1) is 0 Å². The highest BCUT2D eigenvalue weighted by molar-refractivity contribution is 14.0. The van der Waals surface area contributed by atoms with Crippen LogP contribution in [0.4, 0.5) is 0 Å². The van der Waals surface area contributed by atoms with Gasteiger partial charge in [-0.2, -0.15) is 0 Å². The molecule has 0 fully saturated rings. The molecule has 4 N–H and O–H groups in total. The van der Waals surface area contributed by atoms with Crippen molar-refractivity contribution >= 4 is 29.9 Å². The minimum Gasteiger partial charge on any atom is -0.396 e. The second-order valence-corrected chi connectivity index (χ2v) is 3.51. The van der Waals surface area contributed by atoms with Crippen LogP contribution in [0.2, 0.25) is 0 Å². The average molecular weight is 349 g/mol. The third-order valence-electron chi connectivity index (χ3n) is 2.16. The first kappa shape index (κ1) is 16.2. The Hall–Kier alpha value is -0.820. The van der Waals surface area contributed by atoms with Crippen LogP contribution < -0.4 is 11.1 Å². The Labute approximate surface area is 119 Å². The monoisotopic (exact) mass is 349 g/mol. The lowest BCUT2D eigenvalue weighted by molar-refractivity contribution is 0.291. The molecule has 0 aliphatic carbocycles. The number of aliphatic hydroxyl groups is 1. The topological polar surface area (TPSA) is 70.6 Å². The maximum atomic E-state index is 8.57. The van der Waals surface area contributed by atoms with E-state index in [1.165, 1.54) is 5.56 Å². The van der Waals surface area contributed by atoms with E-state index in [2.05, 4.69) is 22.4 Å². The maximum Gasteiger partial charge on any atom is 0.188 e. The van der Waals surface area contributed by atoms with Crippen LogP contribution in [-0.2, 0) is 6.42 Å². The highest BCUT2D eigenvalue weighted by Gasteiger charge is 1.93. The van der Waals surface area contributed by atoms with E-state index in [0.717, 1.165) is 13.0 Å². The summed E-state index contributed by atoms with van der Waals surface area (Å²) in [5.74, 6) is 0.449. The fourth-order valence-corrected chi connectivity index (χ4v) is 1.31. The fraction of sp³-hybridized carbons (Fsp3) is 0.417. The number of nitrogens with one attached hydrogen (secondary N) is 1. The summed E-state index contributed by atoms with van der Waals surface area (Å²) < 4.78 is 0. The molecular formula is C12H20IN3O. The van der Waals surface area contributed by atoms with E-state index in [1.54, 1.807) is 0 Å². The molecular weight excluding hydrogens is 329 g/mol. The number of aliphatic hydroxyl groups excluding tert-OH is 1. The summed E-state index contributed by atoms with van der Waals surface area (Å²) in [7, 11) is 0. The van der Waals surface area contributed by atoms with Crippen LogP contribution in [0.1, 0.15) is 12.0 Å². The van der Waals surface area contributed by atoms with E-state index in [4.69, 9.17) is 10.8 Å². The summed E-state index contributed by atoms with van der Waals surface area (Å²) in [6, 6.07) is 10.2. The Balaban J connectivity index is 0.00000256. The lowest BCUT2D eigenvalue weighted by Gasteiger charge is -2.05. The third-order valence-corrected chi connectivity index (χ3v) is 2.16. The number of rotatable bonds is 6. The highest BCUT2D eigenvalue weighted by Crippen LogP contribution is 1.97. The van der Waals surface area contributed by atoms with Crippen molar-refractivity contribution in [2.24, 2.45) is 10.7 Å². The summed E-state index contributed by atoms with van der Waals surface area (Å²) in [6.45, 7) is 1.50. The van der Waals surface area contributed by atoms with Crippen LogP contribution in [0.5, 0.6) is 0 Å². The zero-order valence-electron chi connectivity index (χ0n) is 9.80. The van der Waals surface area contributed by atoms with Gasteiger partial charge in [-0.05, 0) is 18.4 Å². The van der Waals surface area contributed by atoms with Crippen molar-refractivity contribution in [3.05, 3.63) is 35.9 Å². The van der Waals surface area contributed by atoms with Gasteiger partial charge in [0.25, 0.3) is 0 Å². The van der Waals surface area contributed by atoms with Crippen molar-refractivity contribution < 1.29 is 5.11 Å². The van der Waals surface area contributed by atoms with Crippen LogP contribution in [0, 0.1) is 0 Å². The minimum absolute atomic E-state index is 0. The van der Waals surface area contributed by atoms with Crippen molar-refractivity contribution in [2.75, 3.05) is 19.7 Å². The number of guanidine groups is 1. The molecule has 1 aromatic rings. The molecule has 0 radical (unpaired) electrons. The molecule has 0 aromatic heterocycles. The molecule has 4 nitrogen and oxygen atoms in total. The Kier molecular flexibility index (Phi) is 9.84. The van der Waals surface area contributed by atoms with Crippen LogP contribution in [0.15, 0.2) is 35.3 Å². The molecule has 96 valence electrons. The van der Waals surface area contributed by atoms with E-state index in [-0.39, 0.29) is 30.6 Å². The number of nitrogens with two attached hydrogens (primary N) is 1. The van der Waals surface area contributed by atoms with Crippen molar-refractivity contribution in [3.63, 3.8) is 0 Å². The molecule has 0 heterocycles. The first-order valence-corrected chi connectivity index (χ1v) is 5.51. The molecule has 0 saturated carbocycles. The van der Waals surface area contributed by atoms with Crippen molar-refractivity contribution in [2.45, 2.75) is 12.8 Å². The first-order valence-electron chi connectivity index (χ1n) is 5.51. The zero-order chi connectivity index (χ0) is 11.6. The van der Waals surface area contributed by atoms with Crippen LogP contribution in [0.3, 0.4) is 0 Å². The number of halogens is 1. The van der Waals surface area contributed by atoms with Gasteiger partial charge in [-0.1, -0.05) is 30.3 Å². The average Bonchev–Trinajstić information content (AvgIpc) is 2.31. The Morgan fingerprint density at radius 3 is 2.65 bits per heavy atom. The van der Waals surface area contributed by atoms with Gasteiger partial charge in [-0.25, -0.2) is 0 Å². The number of benzene rings is 1. The maximum absolute atomic E-state index is 8.57. The van der Waals surface area contributed by atoms with E-state index < -0.39 is 0 Å². The smallest absolute Gasteiger partial charge is 0.188 e. The van der Waals surface area contributed by atoms with Crippen molar-refractivity contribution in [1.82, 2.24) is 5.32 Å². The van der Waals surface area contributed by atoms with Gasteiger partial charge in [0.15, 0.2) is 5.96 Å². The van der Waals surface area contributed by atoms with E-state index >= 15 is 0 Å². The van der Waals surface area contributed by atoms with E-state index in [1.807, 2.05) is 18.2 Å². The Morgan fingerprint density at radius 2 is 2.00 bits per heavy atom. The quantitative estimate of drug-likeness (QED) is 0.312. The predicted molar refractivity (Wildman–Crippen MR) is 81.8 cm³/mol. The van der Waals surface area contributed by atoms with E-state index in [0.29, 0.717) is 18.9 Å². The largest absolute Gasteiger partial charge is 0.396 e. The second-order valence-electron chi connectivity index (χ2n) is 3.51. The van der Waals surface area contributed by atoms with Crippen LogP contribution in [-0.4, -0.2) is 30.8 Å². The van der Waals surface area contributed by atoms with Gasteiger partial charge in [0.1, 0.15) is 0 Å². The van der Waals surface area contributed by atoms with Crippen LogP contribution >= 0.6 is 24.0 Å². The van der Waals surface area contributed by atoms with Crippen LogP contribution in [0.25, 0.3) is 0 Å². The molecule has 0 unspecified atom stereocenters. The third kappa shape index (κ3) is 7.98. The predicted octanol–water partition coefficient (Wildman–Crippen LogP) is 1.13. The molecule has 0 aliphatic heterocycles. The number of hydrogen-bond donors (Lipinski definition) is 3. The summed E-state index contributed by atoms with van der Waals surface area (Å²) in [6.07, 6.45) is 1.58. The molecule has 0 amide bonds.